The highest BCUT2D eigenvalue weighted by Crippen LogP contribution is 2.26. The number of nitrogens with one attached hydrogen (secondary N) is 2. The van der Waals surface area contributed by atoms with Crippen molar-refractivity contribution < 1.29 is 9.72 Å². The Kier molecular flexibility index (Phi) is 8.16. The maximum Gasteiger partial charge on any atom is 0.293 e. The van der Waals surface area contributed by atoms with Crippen LogP contribution in [0.2, 0.25) is 0 Å². The molecule has 0 saturated carbocycles. The Morgan fingerprint density at radius 1 is 1.00 bits per heavy atom. The summed E-state index contributed by atoms with van der Waals surface area (Å²) in [6.45, 7) is 6.15. The zero-order chi connectivity index (χ0) is 23.8. The molecular weight excluding hydrogens is 416 g/mol. The summed E-state index contributed by atoms with van der Waals surface area (Å²) in [7, 11) is 2.05. The van der Waals surface area contributed by atoms with Gasteiger partial charge in [0.2, 0.25) is 0 Å². The second kappa shape index (κ2) is 11.2. The molecule has 172 valence electrons. The van der Waals surface area contributed by atoms with Gasteiger partial charge in [-0.1, -0.05) is 42.5 Å². The fourth-order valence-electron chi connectivity index (χ4n) is 3.58. The van der Waals surface area contributed by atoms with Gasteiger partial charge in [0.25, 0.3) is 11.6 Å². The Hall–Kier alpha value is -3.71. The molecule has 3 rings (SSSR count). The largest absolute Gasteiger partial charge is 0.379 e. The van der Waals surface area contributed by atoms with Crippen molar-refractivity contribution in [3.63, 3.8) is 0 Å². The summed E-state index contributed by atoms with van der Waals surface area (Å²) in [6.07, 6.45) is 0.829. The van der Waals surface area contributed by atoms with Crippen LogP contribution in [-0.2, 0) is 6.54 Å². The predicted molar refractivity (Wildman–Crippen MR) is 133 cm³/mol. The fraction of sp³-hybridized carbons (Fsp3) is 0.269. The monoisotopic (exact) mass is 446 g/mol. The molecule has 33 heavy (non-hydrogen) atoms. The Labute approximate surface area is 194 Å². The van der Waals surface area contributed by atoms with E-state index in [1.54, 1.807) is 12.1 Å². The van der Waals surface area contributed by atoms with E-state index in [1.165, 1.54) is 11.6 Å². The van der Waals surface area contributed by atoms with Crippen molar-refractivity contribution in [2.75, 3.05) is 30.8 Å². The maximum atomic E-state index is 12.7. The second-order valence-corrected chi connectivity index (χ2v) is 8.27. The Morgan fingerprint density at radius 3 is 2.48 bits per heavy atom. The van der Waals surface area contributed by atoms with Gasteiger partial charge in [0.15, 0.2) is 0 Å². The van der Waals surface area contributed by atoms with Gasteiger partial charge >= 0.3 is 0 Å². The SMILES string of the molecule is Cc1ccc(C)c(NC(=O)c2ccc(NCCCN(C)Cc3ccccc3)c([N+](=O)[O-])c2)c1. The van der Waals surface area contributed by atoms with Crippen LogP contribution in [0.15, 0.2) is 66.7 Å². The van der Waals surface area contributed by atoms with Crippen molar-refractivity contribution in [1.29, 1.82) is 0 Å². The van der Waals surface area contributed by atoms with E-state index in [0.717, 1.165) is 30.6 Å². The molecule has 0 radical (unpaired) electrons. The molecular formula is C26H30N4O3. The molecule has 0 aliphatic heterocycles. The van der Waals surface area contributed by atoms with Crippen LogP contribution in [0.25, 0.3) is 0 Å². The third-order valence-corrected chi connectivity index (χ3v) is 5.43. The Morgan fingerprint density at radius 2 is 1.76 bits per heavy atom. The molecule has 0 unspecified atom stereocenters. The molecule has 3 aromatic rings. The van der Waals surface area contributed by atoms with E-state index < -0.39 is 4.92 Å². The molecule has 0 atom stereocenters. The highest BCUT2D eigenvalue weighted by atomic mass is 16.6. The van der Waals surface area contributed by atoms with Gasteiger partial charge in [-0.3, -0.25) is 14.9 Å². The smallest absolute Gasteiger partial charge is 0.293 e. The molecule has 7 nitrogen and oxygen atoms in total. The Balaban J connectivity index is 1.58. The van der Waals surface area contributed by atoms with Gasteiger partial charge in [0.05, 0.1) is 4.92 Å². The normalized spacial score (nSPS) is 10.8. The van der Waals surface area contributed by atoms with Gasteiger partial charge in [-0.15, -0.1) is 0 Å². The maximum absolute atomic E-state index is 12.7. The first-order valence-corrected chi connectivity index (χ1v) is 11.0. The van der Waals surface area contributed by atoms with Crippen LogP contribution in [0, 0.1) is 24.0 Å². The highest BCUT2D eigenvalue weighted by molar-refractivity contribution is 6.05. The summed E-state index contributed by atoms with van der Waals surface area (Å²) in [5.74, 6) is -0.374. The van der Waals surface area contributed by atoms with Gasteiger partial charge in [-0.05, 0) is 68.8 Å². The van der Waals surface area contributed by atoms with Crippen LogP contribution in [0.3, 0.4) is 0 Å². The van der Waals surface area contributed by atoms with Crippen molar-refractivity contribution in [1.82, 2.24) is 4.90 Å². The number of nitrogens with zero attached hydrogens (tertiary/aromatic N) is 2. The van der Waals surface area contributed by atoms with Gasteiger partial charge in [0, 0.05) is 30.4 Å². The number of rotatable bonds is 10. The van der Waals surface area contributed by atoms with Crippen molar-refractivity contribution in [3.05, 3.63) is 99.1 Å². The molecule has 0 aliphatic rings. The van der Waals surface area contributed by atoms with Crippen molar-refractivity contribution in [2.24, 2.45) is 0 Å². The summed E-state index contributed by atoms with van der Waals surface area (Å²) in [4.78, 5) is 26.1. The molecule has 7 heteroatoms. The van der Waals surface area contributed by atoms with Crippen LogP contribution < -0.4 is 10.6 Å². The van der Waals surface area contributed by atoms with Crippen molar-refractivity contribution in [2.45, 2.75) is 26.8 Å². The highest BCUT2D eigenvalue weighted by Gasteiger charge is 2.18. The standard InChI is InChI=1S/C26H30N4O3/c1-19-10-11-20(2)24(16-19)28-26(31)22-12-13-23(25(17-22)30(32)33)27-14-7-15-29(3)18-21-8-5-4-6-9-21/h4-6,8-13,16-17,27H,7,14-15,18H2,1-3H3,(H,28,31). The topological polar surface area (TPSA) is 87.5 Å². The zero-order valence-corrected chi connectivity index (χ0v) is 19.3. The molecule has 3 aromatic carbocycles. The van der Waals surface area contributed by atoms with Crippen LogP contribution in [0.4, 0.5) is 17.1 Å². The summed E-state index contributed by atoms with van der Waals surface area (Å²) in [6, 6.07) is 20.5. The predicted octanol–water partition coefficient (Wildman–Crippen LogP) is 5.40. The van der Waals surface area contributed by atoms with Crippen molar-refractivity contribution >= 4 is 23.0 Å². The second-order valence-electron chi connectivity index (χ2n) is 8.27. The molecule has 2 N–H and O–H groups in total. The molecule has 0 bridgehead atoms. The van der Waals surface area contributed by atoms with E-state index in [9.17, 15) is 14.9 Å². The first-order valence-electron chi connectivity index (χ1n) is 11.0. The average molecular weight is 447 g/mol. The van der Waals surface area contributed by atoms with E-state index in [4.69, 9.17) is 0 Å². The first kappa shape index (κ1) is 23.9. The van der Waals surface area contributed by atoms with Gasteiger partial charge in [-0.25, -0.2) is 0 Å². The van der Waals surface area contributed by atoms with E-state index >= 15 is 0 Å². The number of nitro groups is 1. The lowest BCUT2D eigenvalue weighted by Gasteiger charge is -2.17. The van der Waals surface area contributed by atoms with Gasteiger partial charge in [-0.2, -0.15) is 0 Å². The number of nitro benzene ring substituents is 1. The van der Waals surface area contributed by atoms with Crippen molar-refractivity contribution in [3.8, 4) is 0 Å². The summed E-state index contributed by atoms with van der Waals surface area (Å²) < 4.78 is 0. The van der Waals surface area contributed by atoms with E-state index in [-0.39, 0.29) is 17.2 Å². The molecule has 0 heterocycles. The van der Waals surface area contributed by atoms with Crippen LogP contribution in [0.1, 0.15) is 33.5 Å². The minimum Gasteiger partial charge on any atom is -0.379 e. The van der Waals surface area contributed by atoms with Crippen LogP contribution >= 0.6 is 0 Å². The minimum absolute atomic E-state index is 0.110. The fourth-order valence-corrected chi connectivity index (χ4v) is 3.58. The summed E-state index contributed by atoms with van der Waals surface area (Å²) in [5.41, 5.74) is 4.45. The molecule has 1 amide bonds. The number of carbonyl (C=O) groups is 1. The van der Waals surface area contributed by atoms with E-state index in [1.807, 2.05) is 50.2 Å². The molecule has 0 aliphatic carbocycles. The summed E-state index contributed by atoms with van der Waals surface area (Å²) in [5, 5.41) is 17.6. The first-order chi connectivity index (χ1) is 15.8. The number of carbonyl (C=O) groups excluding carboxylic acids is 1. The number of hydrogen-bond acceptors (Lipinski definition) is 5. The summed E-state index contributed by atoms with van der Waals surface area (Å²) >= 11 is 0. The van der Waals surface area contributed by atoms with Gasteiger partial charge < -0.3 is 15.5 Å². The van der Waals surface area contributed by atoms with Crippen LogP contribution in [0.5, 0.6) is 0 Å². The quantitative estimate of drug-likeness (QED) is 0.247. The zero-order valence-electron chi connectivity index (χ0n) is 19.3. The molecule has 0 fully saturated rings. The molecule has 0 spiro atoms. The third kappa shape index (κ3) is 6.89. The molecule has 0 saturated heterocycles. The van der Waals surface area contributed by atoms with Gasteiger partial charge in [0.1, 0.15) is 5.69 Å². The van der Waals surface area contributed by atoms with E-state index in [2.05, 4.69) is 34.7 Å². The average Bonchev–Trinajstić information content (AvgIpc) is 2.79. The Bertz CT molecular complexity index is 1120. The number of aryl methyl sites for hydroxylation is 2. The number of benzene rings is 3. The lowest BCUT2D eigenvalue weighted by Crippen LogP contribution is -2.21. The lowest BCUT2D eigenvalue weighted by atomic mass is 10.1. The lowest BCUT2D eigenvalue weighted by molar-refractivity contribution is -0.384. The number of anilines is 2. The number of hydrogen-bond donors (Lipinski definition) is 2. The minimum atomic E-state index is -0.460. The third-order valence-electron chi connectivity index (χ3n) is 5.43. The van der Waals surface area contributed by atoms with Crippen LogP contribution in [-0.4, -0.2) is 35.9 Å². The molecule has 0 aromatic heterocycles. The number of amides is 1. The van der Waals surface area contributed by atoms with E-state index in [0.29, 0.717) is 17.9 Å².